The van der Waals surface area contributed by atoms with Gasteiger partial charge in [0.2, 0.25) is 5.91 Å². The van der Waals surface area contributed by atoms with Gasteiger partial charge in [0.15, 0.2) is 0 Å². The van der Waals surface area contributed by atoms with Gasteiger partial charge in [0, 0.05) is 36.6 Å². The van der Waals surface area contributed by atoms with Crippen LogP contribution in [0, 0.1) is 0 Å². The number of alkyl halides is 3. The Kier molecular flexibility index (Phi) is 11.6. The molecule has 4 aromatic carbocycles. The molecule has 1 saturated heterocycles. The monoisotopic (exact) mass is 703 g/mol. The third kappa shape index (κ3) is 9.87. The number of nitrogens with one attached hydrogen (secondary N) is 1. The van der Waals surface area contributed by atoms with Crippen molar-refractivity contribution in [2.75, 3.05) is 37.0 Å². The largest absolute Gasteiger partial charge is 0.497 e. The molecule has 1 aliphatic rings. The van der Waals surface area contributed by atoms with E-state index in [0.717, 1.165) is 42.6 Å². The zero-order valence-electron chi connectivity index (χ0n) is 27.7. The second-order valence-electron chi connectivity index (χ2n) is 12.0. The summed E-state index contributed by atoms with van der Waals surface area (Å²) in [4.78, 5) is 53.7. The number of ether oxygens (including phenoxy) is 2. The van der Waals surface area contributed by atoms with Crippen molar-refractivity contribution in [2.45, 2.75) is 38.4 Å². The van der Waals surface area contributed by atoms with E-state index in [1.54, 1.807) is 36.4 Å². The van der Waals surface area contributed by atoms with Crippen LogP contribution in [-0.2, 0) is 28.7 Å². The first-order valence-electron chi connectivity index (χ1n) is 16.2. The van der Waals surface area contributed by atoms with E-state index < -0.39 is 48.5 Å². The summed E-state index contributed by atoms with van der Waals surface area (Å²) in [6.45, 7) is 1.30. The lowest BCUT2D eigenvalue weighted by molar-refractivity contribution is -0.139. The van der Waals surface area contributed by atoms with Crippen LogP contribution < -0.4 is 19.7 Å². The fraction of sp³-hybridized carbons (Fsp3) is 0.263. The Morgan fingerprint density at radius 3 is 2.06 bits per heavy atom. The summed E-state index contributed by atoms with van der Waals surface area (Å²) >= 11 is 0. The lowest BCUT2D eigenvalue weighted by Crippen LogP contribution is -2.35. The van der Waals surface area contributed by atoms with Gasteiger partial charge in [-0.2, -0.15) is 13.2 Å². The number of carbonyl (C=O) groups is 4. The van der Waals surface area contributed by atoms with Crippen LogP contribution in [0.2, 0.25) is 0 Å². The summed E-state index contributed by atoms with van der Waals surface area (Å²) < 4.78 is 51.0. The van der Waals surface area contributed by atoms with Gasteiger partial charge >= 0.3 is 18.1 Å². The molecule has 1 aliphatic heterocycles. The van der Waals surface area contributed by atoms with Crippen molar-refractivity contribution < 1.29 is 46.9 Å². The summed E-state index contributed by atoms with van der Waals surface area (Å²) in [5, 5.41) is 12.0. The molecule has 0 radical (unpaired) electrons. The third-order valence-corrected chi connectivity index (χ3v) is 8.33. The molecule has 1 fully saturated rings. The Labute approximate surface area is 292 Å². The zero-order valence-corrected chi connectivity index (χ0v) is 27.7. The number of aliphatic carboxylic acids is 1. The summed E-state index contributed by atoms with van der Waals surface area (Å²) in [7, 11) is 1.24. The number of carboxylic acids is 1. The maximum atomic E-state index is 13.5. The molecule has 0 spiro atoms. The van der Waals surface area contributed by atoms with E-state index in [9.17, 15) is 37.5 Å². The van der Waals surface area contributed by atoms with Gasteiger partial charge in [0.1, 0.15) is 18.0 Å². The molecular weight excluding hydrogens is 667 g/mol. The fourth-order valence-corrected chi connectivity index (χ4v) is 5.73. The quantitative estimate of drug-likeness (QED) is 0.122. The third-order valence-electron chi connectivity index (χ3n) is 8.33. The van der Waals surface area contributed by atoms with Gasteiger partial charge in [0.05, 0.1) is 24.7 Å². The first kappa shape index (κ1) is 36.4. The summed E-state index contributed by atoms with van der Waals surface area (Å²) in [6.07, 6.45) is -1.74. The number of esters is 1. The Hall–Kier alpha value is -5.85. The van der Waals surface area contributed by atoms with E-state index in [1.165, 1.54) is 49.9 Å². The standard InChI is InChI=1S/C38H36F3N3O7/c1-50-32-18-11-28(33(22-32)38(39,40)41)21-34(45)42-29-12-7-26(8-13-29)36(48)44(24-35(46)47)23-25-5-16-31(17-6-25)51-37(49)27-9-14-30(15-10-27)43-19-3-2-4-20-43/h5-18,22H,2-4,19-21,23-24H2,1H3,(H,42,45)(H,46,47). The van der Waals surface area contributed by atoms with Crippen molar-refractivity contribution in [3.8, 4) is 11.5 Å². The second-order valence-corrected chi connectivity index (χ2v) is 12.0. The van der Waals surface area contributed by atoms with Crippen LogP contribution in [0.4, 0.5) is 24.5 Å². The van der Waals surface area contributed by atoms with Crippen molar-refractivity contribution in [1.29, 1.82) is 0 Å². The molecule has 0 aromatic heterocycles. The number of rotatable bonds is 12. The van der Waals surface area contributed by atoms with Crippen molar-refractivity contribution in [3.05, 3.63) is 119 Å². The highest BCUT2D eigenvalue weighted by molar-refractivity contribution is 5.97. The van der Waals surface area contributed by atoms with E-state index in [1.807, 2.05) is 12.1 Å². The van der Waals surface area contributed by atoms with Crippen LogP contribution in [0.5, 0.6) is 11.5 Å². The van der Waals surface area contributed by atoms with Crippen LogP contribution >= 0.6 is 0 Å². The van der Waals surface area contributed by atoms with Gasteiger partial charge in [-0.1, -0.05) is 18.2 Å². The number of methoxy groups -OCH3 is 1. The Bertz CT molecular complexity index is 1860. The minimum atomic E-state index is -4.69. The maximum absolute atomic E-state index is 13.5. The first-order valence-corrected chi connectivity index (χ1v) is 16.2. The number of carboxylic acid groups (broad SMARTS) is 1. The van der Waals surface area contributed by atoms with Crippen LogP contribution in [0.1, 0.15) is 56.7 Å². The number of amides is 2. The molecule has 0 unspecified atom stereocenters. The van der Waals surface area contributed by atoms with Crippen molar-refractivity contribution in [1.82, 2.24) is 4.90 Å². The molecule has 2 N–H and O–H groups in total. The van der Waals surface area contributed by atoms with Gasteiger partial charge in [-0.25, -0.2) is 4.79 Å². The minimum absolute atomic E-state index is 0.00587. The highest BCUT2D eigenvalue weighted by atomic mass is 19.4. The molecule has 5 rings (SSSR count). The van der Waals surface area contributed by atoms with E-state index in [-0.39, 0.29) is 34.9 Å². The predicted octanol–water partition coefficient (Wildman–Crippen LogP) is 6.83. The molecule has 0 saturated carbocycles. The molecule has 10 nitrogen and oxygen atoms in total. The Balaban J connectivity index is 1.18. The molecular formula is C38H36F3N3O7. The molecule has 0 atom stereocenters. The number of hydrogen-bond donors (Lipinski definition) is 2. The van der Waals surface area contributed by atoms with E-state index >= 15 is 0 Å². The van der Waals surface area contributed by atoms with Crippen molar-refractivity contribution >= 4 is 35.1 Å². The smallest absolute Gasteiger partial charge is 0.416 e. The van der Waals surface area contributed by atoms with E-state index in [2.05, 4.69) is 10.2 Å². The second kappa shape index (κ2) is 16.2. The highest BCUT2D eigenvalue weighted by Gasteiger charge is 2.34. The highest BCUT2D eigenvalue weighted by Crippen LogP contribution is 2.35. The Morgan fingerprint density at radius 2 is 1.45 bits per heavy atom. The van der Waals surface area contributed by atoms with Crippen molar-refractivity contribution in [2.24, 2.45) is 0 Å². The van der Waals surface area contributed by atoms with Crippen LogP contribution in [0.25, 0.3) is 0 Å². The first-order chi connectivity index (χ1) is 24.4. The number of anilines is 2. The normalized spacial score (nSPS) is 12.9. The number of piperidine rings is 1. The molecule has 13 heteroatoms. The number of nitrogens with zero attached hydrogens (tertiary/aromatic N) is 2. The number of halogens is 3. The zero-order chi connectivity index (χ0) is 36.5. The minimum Gasteiger partial charge on any atom is -0.497 e. The average Bonchev–Trinajstić information content (AvgIpc) is 3.12. The molecule has 4 aromatic rings. The molecule has 51 heavy (non-hydrogen) atoms. The number of hydrogen-bond acceptors (Lipinski definition) is 7. The van der Waals surface area contributed by atoms with Gasteiger partial charge < -0.3 is 29.7 Å². The molecule has 266 valence electrons. The Morgan fingerprint density at radius 1 is 0.824 bits per heavy atom. The van der Waals surface area contributed by atoms with Gasteiger partial charge in [-0.05, 0) is 103 Å². The SMILES string of the molecule is COc1ccc(CC(=O)Nc2ccc(C(=O)N(CC(=O)O)Cc3ccc(OC(=O)c4ccc(N5CCCCC5)cc4)cc3)cc2)c(C(F)(F)F)c1. The topological polar surface area (TPSA) is 125 Å². The number of benzene rings is 4. The molecule has 1 heterocycles. The van der Waals surface area contributed by atoms with Gasteiger partial charge in [0.25, 0.3) is 5.91 Å². The maximum Gasteiger partial charge on any atom is 0.416 e. The van der Waals surface area contributed by atoms with E-state index in [0.29, 0.717) is 11.1 Å². The average molecular weight is 704 g/mol. The molecule has 0 bridgehead atoms. The van der Waals surface area contributed by atoms with Crippen LogP contribution in [0.15, 0.2) is 91.0 Å². The van der Waals surface area contributed by atoms with Crippen LogP contribution in [0.3, 0.4) is 0 Å². The summed E-state index contributed by atoms with van der Waals surface area (Å²) in [5.41, 5.74) is 1.17. The molecule has 2 amide bonds. The van der Waals surface area contributed by atoms with E-state index in [4.69, 9.17) is 9.47 Å². The van der Waals surface area contributed by atoms with Gasteiger partial charge in [-0.15, -0.1) is 0 Å². The fourth-order valence-electron chi connectivity index (χ4n) is 5.73. The molecule has 0 aliphatic carbocycles. The van der Waals surface area contributed by atoms with Gasteiger partial charge in [-0.3, -0.25) is 14.4 Å². The summed E-state index contributed by atoms with van der Waals surface area (Å²) in [6, 6.07) is 22.5. The lowest BCUT2D eigenvalue weighted by atomic mass is 10.0. The van der Waals surface area contributed by atoms with Crippen molar-refractivity contribution in [3.63, 3.8) is 0 Å². The lowest BCUT2D eigenvalue weighted by Gasteiger charge is -2.28. The summed E-state index contributed by atoms with van der Waals surface area (Å²) in [5.74, 6) is -2.79. The number of carbonyl (C=O) groups excluding carboxylic acids is 3. The van der Waals surface area contributed by atoms with Crippen LogP contribution in [-0.4, -0.2) is 60.5 Å². The predicted molar refractivity (Wildman–Crippen MR) is 183 cm³/mol.